The molecule has 1 saturated heterocycles. The van der Waals surface area contributed by atoms with Crippen molar-refractivity contribution in [2.75, 3.05) is 0 Å². The van der Waals surface area contributed by atoms with Crippen LogP contribution in [0.4, 0.5) is 18.0 Å². The van der Waals surface area contributed by atoms with Crippen LogP contribution in [0.25, 0.3) is 17.2 Å². The van der Waals surface area contributed by atoms with E-state index in [0.29, 0.717) is 5.56 Å². The average Bonchev–Trinajstić information content (AvgIpc) is 3.01. The summed E-state index contributed by atoms with van der Waals surface area (Å²) >= 11 is 7.24. The number of carbonyl (C=O) groups is 2. The molecule has 0 bridgehead atoms. The third kappa shape index (κ3) is 4.45. The first-order chi connectivity index (χ1) is 15.2. The van der Waals surface area contributed by atoms with E-state index in [0.717, 1.165) is 35.7 Å². The Bertz CT molecular complexity index is 1210. The summed E-state index contributed by atoms with van der Waals surface area (Å²) in [6.45, 7) is 8.08. The van der Waals surface area contributed by atoms with Crippen LogP contribution in [0, 0.1) is 0 Å². The first-order valence-electron chi connectivity index (χ1n) is 10.5. The second-order valence-electron chi connectivity index (χ2n) is 9.80. The summed E-state index contributed by atoms with van der Waals surface area (Å²) in [6.07, 6.45) is -1.38. The third-order valence-corrected chi connectivity index (χ3v) is 7.64. The highest BCUT2D eigenvalue weighted by Crippen LogP contribution is 2.50. The Morgan fingerprint density at radius 1 is 0.970 bits per heavy atom. The summed E-state index contributed by atoms with van der Waals surface area (Å²) in [5.41, 5.74) is 1.12. The summed E-state index contributed by atoms with van der Waals surface area (Å²) < 4.78 is 42.5. The smallest absolute Gasteiger partial charge is 0.282 e. The topological polar surface area (TPSA) is 46.2 Å². The normalized spacial score (nSPS) is 20.7. The molecule has 33 heavy (non-hydrogen) atoms. The molecule has 1 aliphatic heterocycles. The lowest BCUT2D eigenvalue weighted by Crippen LogP contribution is -2.34. The van der Waals surface area contributed by atoms with Crippen LogP contribution in [0.5, 0.6) is 0 Å². The van der Waals surface area contributed by atoms with Crippen LogP contribution in [-0.2, 0) is 21.8 Å². The van der Waals surface area contributed by atoms with Gasteiger partial charge in [-0.15, -0.1) is 0 Å². The Kier molecular flexibility index (Phi) is 5.73. The Morgan fingerprint density at radius 2 is 1.58 bits per heavy atom. The molecule has 4 rings (SSSR count). The quantitative estimate of drug-likeness (QED) is 0.436. The van der Waals surface area contributed by atoms with Crippen molar-refractivity contribution in [1.29, 1.82) is 0 Å². The first-order valence-corrected chi connectivity index (χ1v) is 11.7. The molecule has 0 aromatic heterocycles. The van der Waals surface area contributed by atoms with Crippen molar-refractivity contribution in [1.82, 2.24) is 5.32 Å². The van der Waals surface area contributed by atoms with Crippen molar-refractivity contribution in [3.63, 3.8) is 0 Å². The van der Waals surface area contributed by atoms with Gasteiger partial charge in [0.05, 0.1) is 10.5 Å². The summed E-state index contributed by atoms with van der Waals surface area (Å²) in [6, 6.07) is 7.58. The lowest BCUT2D eigenvalue weighted by atomic mass is 9.62. The maximum absolute atomic E-state index is 14.2. The zero-order chi connectivity index (χ0) is 24.3. The van der Waals surface area contributed by atoms with Gasteiger partial charge >= 0.3 is 6.18 Å². The van der Waals surface area contributed by atoms with E-state index in [4.69, 9.17) is 11.6 Å². The van der Waals surface area contributed by atoms with Gasteiger partial charge in [0.15, 0.2) is 0 Å². The maximum Gasteiger partial charge on any atom is 0.417 e. The Hall–Kier alpha value is -2.25. The minimum atomic E-state index is -4.55. The Labute approximate surface area is 199 Å². The van der Waals surface area contributed by atoms with Gasteiger partial charge in [-0.05, 0) is 82.0 Å². The molecule has 2 aromatic carbocycles. The molecule has 8 heteroatoms. The number of nitrogens with one attached hydrogen (secondary N) is 1. The minimum Gasteiger partial charge on any atom is -0.282 e. The Balaban J connectivity index is 1.88. The monoisotopic (exact) mass is 493 g/mol. The highest BCUT2D eigenvalue weighted by atomic mass is 35.5. The molecule has 2 aliphatic rings. The van der Waals surface area contributed by atoms with Crippen LogP contribution in [-0.4, -0.2) is 11.1 Å². The van der Waals surface area contributed by atoms with Gasteiger partial charge < -0.3 is 0 Å². The highest BCUT2D eigenvalue weighted by Gasteiger charge is 2.42. The predicted molar refractivity (Wildman–Crippen MR) is 126 cm³/mol. The van der Waals surface area contributed by atoms with Gasteiger partial charge in [0.2, 0.25) is 0 Å². The van der Waals surface area contributed by atoms with Gasteiger partial charge in [-0.1, -0.05) is 51.4 Å². The molecular formula is C25H23ClF3NO2S. The lowest BCUT2D eigenvalue weighted by Gasteiger charge is -2.42. The second-order valence-corrected chi connectivity index (χ2v) is 11.2. The average molecular weight is 494 g/mol. The van der Waals surface area contributed by atoms with Crippen molar-refractivity contribution in [2.24, 2.45) is 0 Å². The number of thioether (sulfide) groups is 1. The van der Waals surface area contributed by atoms with E-state index >= 15 is 0 Å². The summed E-state index contributed by atoms with van der Waals surface area (Å²) in [5.74, 6) is -0.510. The predicted octanol–water partition coefficient (Wildman–Crippen LogP) is 7.70. The highest BCUT2D eigenvalue weighted by molar-refractivity contribution is 8.18. The van der Waals surface area contributed by atoms with Gasteiger partial charge in [0, 0.05) is 10.6 Å². The number of halogens is 4. The van der Waals surface area contributed by atoms with Crippen molar-refractivity contribution in [3.8, 4) is 11.1 Å². The van der Waals surface area contributed by atoms with E-state index in [-0.39, 0.29) is 31.9 Å². The number of hydrogen-bond acceptors (Lipinski definition) is 3. The molecule has 0 unspecified atom stereocenters. The van der Waals surface area contributed by atoms with E-state index in [1.54, 1.807) is 12.1 Å². The van der Waals surface area contributed by atoms with E-state index in [1.165, 1.54) is 24.3 Å². The van der Waals surface area contributed by atoms with E-state index in [9.17, 15) is 22.8 Å². The van der Waals surface area contributed by atoms with Crippen LogP contribution in [0.2, 0.25) is 5.02 Å². The van der Waals surface area contributed by atoms with Gasteiger partial charge in [-0.25, -0.2) is 0 Å². The van der Waals surface area contributed by atoms with Gasteiger partial charge in [0.1, 0.15) is 0 Å². The third-order valence-electron chi connectivity index (χ3n) is 6.52. The minimum absolute atomic E-state index is 0.0411. The lowest BCUT2D eigenvalue weighted by molar-refractivity contribution is -0.137. The van der Waals surface area contributed by atoms with Gasteiger partial charge in [-0.3, -0.25) is 14.9 Å². The number of alkyl halides is 3. The molecule has 0 spiro atoms. The molecule has 1 N–H and O–H groups in total. The number of hydrogen-bond donors (Lipinski definition) is 1. The molecule has 2 aromatic rings. The number of benzene rings is 2. The zero-order valence-corrected chi connectivity index (χ0v) is 20.2. The zero-order valence-electron chi connectivity index (χ0n) is 18.6. The first kappa shape index (κ1) is 23.9. The van der Waals surface area contributed by atoms with Crippen molar-refractivity contribution in [2.45, 2.75) is 57.5 Å². The largest absolute Gasteiger partial charge is 0.417 e. The second kappa shape index (κ2) is 7.91. The van der Waals surface area contributed by atoms with E-state index in [2.05, 4.69) is 19.2 Å². The van der Waals surface area contributed by atoms with Crippen LogP contribution in [0.1, 0.15) is 62.8 Å². The van der Waals surface area contributed by atoms with Crippen molar-refractivity contribution < 1.29 is 22.8 Å². The molecule has 1 aliphatic carbocycles. The molecule has 174 valence electrons. The number of imide groups is 1. The summed E-state index contributed by atoms with van der Waals surface area (Å²) in [5, 5.41) is 1.83. The standard InChI is InChI=1S/C25H23ClF3NO2S/c1-23(2)7-8-24(3,4)18-12-16(25(27,28)29)15(11-17(18)23)14-6-5-13(9-19(14)26)10-20-21(31)30-22(32)33-20/h5-6,9-12H,7-8H2,1-4H3,(H,30,31,32)/b20-10-. The van der Waals surface area contributed by atoms with Gasteiger partial charge in [0.25, 0.3) is 11.1 Å². The molecule has 1 heterocycles. The van der Waals surface area contributed by atoms with Crippen LogP contribution < -0.4 is 5.32 Å². The maximum atomic E-state index is 14.2. The number of rotatable bonds is 2. The van der Waals surface area contributed by atoms with Gasteiger partial charge in [-0.2, -0.15) is 13.2 Å². The van der Waals surface area contributed by atoms with Crippen LogP contribution in [0.3, 0.4) is 0 Å². The van der Waals surface area contributed by atoms with E-state index < -0.39 is 22.9 Å². The molecular weight excluding hydrogens is 471 g/mol. The van der Waals surface area contributed by atoms with E-state index in [1.807, 2.05) is 13.8 Å². The summed E-state index contributed by atoms with van der Waals surface area (Å²) in [7, 11) is 0. The number of amides is 2. The SMILES string of the molecule is CC1(C)CCC(C)(C)c2cc(C(F)(F)F)c(-c3ccc(/C=C4\SC(=O)NC4=O)cc3Cl)cc21. The molecule has 0 saturated carbocycles. The number of carbonyl (C=O) groups excluding carboxylic acids is 2. The van der Waals surface area contributed by atoms with Crippen molar-refractivity contribution in [3.05, 3.63) is 62.5 Å². The fraction of sp³-hybridized carbons (Fsp3) is 0.360. The fourth-order valence-electron chi connectivity index (χ4n) is 4.48. The summed E-state index contributed by atoms with van der Waals surface area (Å²) in [4.78, 5) is 23.4. The Morgan fingerprint density at radius 3 is 2.09 bits per heavy atom. The molecule has 3 nitrogen and oxygen atoms in total. The number of fused-ring (bicyclic) bond motifs is 1. The molecule has 1 fully saturated rings. The molecule has 0 atom stereocenters. The van der Waals surface area contributed by atoms with Crippen molar-refractivity contribution >= 4 is 40.6 Å². The molecule has 0 radical (unpaired) electrons. The van der Waals surface area contributed by atoms with Crippen LogP contribution in [0.15, 0.2) is 35.2 Å². The van der Waals surface area contributed by atoms with Crippen LogP contribution >= 0.6 is 23.4 Å². The molecule has 2 amide bonds. The fourth-order valence-corrected chi connectivity index (χ4v) is 5.46.